The maximum absolute atomic E-state index is 12.4. The smallest absolute Gasteiger partial charge is 0.260 e. The Morgan fingerprint density at radius 2 is 2.05 bits per heavy atom. The van der Waals surface area contributed by atoms with E-state index in [1.807, 2.05) is 13.8 Å². The Morgan fingerprint density at radius 3 is 2.68 bits per heavy atom. The zero-order chi connectivity index (χ0) is 14.0. The molecule has 1 N–H and O–H groups in total. The van der Waals surface area contributed by atoms with Gasteiger partial charge in [0.2, 0.25) is 0 Å². The van der Waals surface area contributed by atoms with E-state index in [9.17, 15) is 8.42 Å². The van der Waals surface area contributed by atoms with Crippen LogP contribution in [0.15, 0.2) is 29.4 Å². The first-order valence-corrected chi connectivity index (χ1v) is 8.00. The monoisotopic (exact) mass is 301 g/mol. The topological polar surface area (TPSA) is 63.5 Å². The van der Waals surface area contributed by atoms with E-state index < -0.39 is 10.0 Å². The molecule has 2 aromatic heterocycles. The number of nitrogens with one attached hydrogen (secondary N) is 1. The van der Waals surface area contributed by atoms with Crippen molar-refractivity contribution in [3.63, 3.8) is 0 Å². The lowest BCUT2D eigenvalue weighted by Crippen LogP contribution is -2.34. The molecule has 0 bridgehead atoms. The van der Waals surface area contributed by atoms with Crippen LogP contribution in [-0.4, -0.2) is 23.8 Å². The van der Waals surface area contributed by atoms with Crippen LogP contribution < -0.4 is 4.72 Å². The van der Waals surface area contributed by atoms with E-state index in [2.05, 4.69) is 9.71 Å². The molecule has 19 heavy (non-hydrogen) atoms. The molecule has 0 unspecified atom stereocenters. The predicted octanol–water partition coefficient (Wildman–Crippen LogP) is 2.45. The Balaban J connectivity index is 2.51. The number of fused-ring (bicyclic) bond motifs is 1. The molecule has 0 atom stereocenters. The number of halogens is 1. The van der Waals surface area contributed by atoms with Crippen molar-refractivity contribution in [1.82, 2.24) is 14.1 Å². The Bertz CT molecular complexity index is 677. The van der Waals surface area contributed by atoms with Crippen LogP contribution in [0.1, 0.15) is 26.7 Å². The third-order valence-electron chi connectivity index (χ3n) is 3.01. The molecule has 0 amide bonds. The predicted molar refractivity (Wildman–Crippen MR) is 74.9 cm³/mol. The summed E-state index contributed by atoms with van der Waals surface area (Å²) in [6.07, 6.45) is 3.09. The fourth-order valence-corrected chi connectivity index (χ4v) is 3.96. The first-order chi connectivity index (χ1) is 8.99. The van der Waals surface area contributed by atoms with Gasteiger partial charge >= 0.3 is 0 Å². The molecule has 0 aliphatic heterocycles. The van der Waals surface area contributed by atoms with E-state index in [1.165, 1.54) is 4.40 Å². The number of rotatable bonds is 5. The van der Waals surface area contributed by atoms with Crippen LogP contribution in [0, 0.1) is 0 Å². The van der Waals surface area contributed by atoms with Gasteiger partial charge in [0.15, 0.2) is 10.2 Å². The Labute approximate surface area is 117 Å². The summed E-state index contributed by atoms with van der Waals surface area (Å²) in [5.41, 5.74) is 0.512. The highest BCUT2D eigenvalue weighted by molar-refractivity contribution is 7.89. The average molecular weight is 302 g/mol. The number of sulfonamides is 1. The largest absolute Gasteiger partial charge is 0.288 e. The Morgan fingerprint density at radius 1 is 1.37 bits per heavy atom. The summed E-state index contributed by atoms with van der Waals surface area (Å²) >= 11 is 5.97. The molecule has 0 saturated heterocycles. The molecule has 0 aliphatic carbocycles. The van der Waals surface area contributed by atoms with Gasteiger partial charge in [0.05, 0.1) is 0 Å². The molecule has 0 spiro atoms. The minimum absolute atomic E-state index is 0.00309. The first kappa shape index (κ1) is 14.3. The van der Waals surface area contributed by atoms with Crippen molar-refractivity contribution in [2.24, 2.45) is 0 Å². The molecule has 7 heteroatoms. The van der Waals surface area contributed by atoms with Gasteiger partial charge in [0, 0.05) is 12.2 Å². The molecule has 104 valence electrons. The van der Waals surface area contributed by atoms with Crippen molar-refractivity contribution in [1.29, 1.82) is 0 Å². The zero-order valence-electron chi connectivity index (χ0n) is 10.8. The van der Waals surface area contributed by atoms with Crippen LogP contribution in [-0.2, 0) is 10.0 Å². The van der Waals surface area contributed by atoms with Crippen LogP contribution in [0.25, 0.3) is 5.65 Å². The van der Waals surface area contributed by atoms with E-state index >= 15 is 0 Å². The molecule has 0 aliphatic rings. The molecule has 0 radical (unpaired) electrons. The molecular formula is C12H16ClN3O2S. The van der Waals surface area contributed by atoms with Crippen LogP contribution in [0.3, 0.4) is 0 Å². The maximum atomic E-state index is 12.4. The van der Waals surface area contributed by atoms with Gasteiger partial charge in [-0.05, 0) is 25.0 Å². The molecule has 0 saturated carbocycles. The number of nitrogens with zero attached hydrogens (tertiary/aromatic N) is 2. The van der Waals surface area contributed by atoms with Gasteiger partial charge in [0.1, 0.15) is 5.65 Å². The molecule has 5 nitrogen and oxygen atoms in total. The van der Waals surface area contributed by atoms with Crippen LogP contribution in [0.4, 0.5) is 0 Å². The first-order valence-electron chi connectivity index (χ1n) is 6.14. The zero-order valence-corrected chi connectivity index (χ0v) is 12.4. The number of hydrogen-bond donors (Lipinski definition) is 1. The summed E-state index contributed by atoms with van der Waals surface area (Å²) in [5, 5.41) is -0.0127. The van der Waals surface area contributed by atoms with Crippen molar-refractivity contribution in [3.05, 3.63) is 29.5 Å². The molecule has 2 aromatic rings. The Hall–Kier alpha value is -1.11. The third-order valence-corrected chi connectivity index (χ3v) is 4.93. The van der Waals surface area contributed by atoms with Crippen molar-refractivity contribution in [2.75, 3.05) is 0 Å². The fourth-order valence-electron chi connectivity index (χ4n) is 1.92. The summed E-state index contributed by atoms with van der Waals surface area (Å²) < 4.78 is 28.9. The highest BCUT2D eigenvalue weighted by Gasteiger charge is 2.26. The quantitative estimate of drug-likeness (QED) is 0.922. The molecule has 0 aromatic carbocycles. The van der Waals surface area contributed by atoms with Gasteiger partial charge in [-0.25, -0.2) is 18.1 Å². The van der Waals surface area contributed by atoms with E-state index in [1.54, 1.807) is 24.4 Å². The maximum Gasteiger partial charge on any atom is 0.260 e. The van der Waals surface area contributed by atoms with Crippen molar-refractivity contribution >= 4 is 27.3 Å². The highest BCUT2D eigenvalue weighted by Crippen LogP contribution is 2.22. The van der Waals surface area contributed by atoms with E-state index in [4.69, 9.17) is 11.6 Å². The average Bonchev–Trinajstić information content (AvgIpc) is 2.72. The van der Waals surface area contributed by atoms with E-state index in [0.717, 1.165) is 12.8 Å². The summed E-state index contributed by atoms with van der Waals surface area (Å²) in [4.78, 5) is 4.05. The summed E-state index contributed by atoms with van der Waals surface area (Å²) in [7, 11) is -3.68. The summed E-state index contributed by atoms with van der Waals surface area (Å²) in [6.45, 7) is 3.87. The standard InChI is InChI=1S/C12H16ClN3O2S/c1-3-9(4-2)15-19(17,18)12-11(13)14-10-7-5-6-8-16(10)12/h5-9,15H,3-4H2,1-2H3. The van der Waals surface area contributed by atoms with Crippen molar-refractivity contribution in [3.8, 4) is 0 Å². The lowest BCUT2D eigenvalue weighted by molar-refractivity contribution is 0.527. The van der Waals surface area contributed by atoms with Gasteiger partial charge in [-0.3, -0.25) is 4.40 Å². The lowest BCUT2D eigenvalue weighted by Gasteiger charge is -2.14. The van der Waals surface area contributed by atoms with Crippen LogP contribution in [0.5, 0.6) is 0 Å². The third kappa shape index (κ3) is 2.75. The minimum Gasteiger partial charge on any atom is -0.288 e. The summed E-state index contributed by atoms with van der Waals surface area (Å²) in [5.74, 6) is 0. The number of hydrogen-bond acceptors (Lipinski definition) is 3. The second-order valence-corrected chi connectivity index (χ2v) is 6.26. The second kappa shape index (κ2) is 5.48. The number of imidazole rings is 1. The van der Waals surface area contributed by atoms with Gasteiger partial charge in [0.25, 0.3) is 10.0 Å². The van der Waals surface area contributed by atoms with Crippen LogP contribution in [0.2, 0.25) is 5.15 Å². The number of pyridine rings is 1. The normalized spacial score (nSPS) is 12.4. The number of aromatic nitrogens is 2. The second-order valence-electron chi connectivity index (χ2n) is 4.27. The molecular weight excluding hydrogens is 286 g/mol. The summed E-state index contributed by atoms with van der Waals surface area (Å²) in [6, 6.07) is 5.13. The Kier molecular flexibility index (Phi) is 4.13. The van der Waals surface area contributed by atoms with E-state index in [-0.39, 0.29) is 16.2 Å². The minimum atomic E-state index is -3.68. The SMILES string of the molecule is CCC(CC)NS(=O)(=O)c1c(Cl)nc2ccccn12. The van der Waals surface area contributed by atoms with Crippen molar-refractivity contribution in [2.45, 2.75) is 37.8 Å². The lowest BCUT2D eigenvalue weighted by atomic mass is 10.2. The highest BCUT2D eigenvalue weighted by atomic mass is 35.5. The van der Waals surface area contributed by atoms with Crippen molar-refractivity contribution < 1.29 is 8.42 Å². The molecule has 2 heterocycles. The molecule has 0 fully saturated rings. The fraction of sp³-hybridized carbons (Fsp3) is 0.417. The van der Waals surface area contributed by atoms with Gasteiger partial charge in [-0.15, -0.1) is 0 Å². The van der Waals surface area contributed by atoms with Gasteiger partial charge in [-0.2, -0.15) is 0 Å². The van der Waals surface area contributed by atoms with Crippen LogP contribution >= 0.6 is 11.6 Å². The van der Waals surface area contributed by atoms with Gasteiger partial charge in [-0.1, -0.05) is 31.5 Å². The van der Waals surface area contributed by atoms with E-state index in [0.29, 0.717) is 5.65 Å². The van der Waals surface area contributed by atoms with Gasteiger partial charge < -0.3 is 0 Å². The molecule has 2 rings (SSSR count).